The summed E-state index contributed by atoms with van der Waals surface area (Å²) < 4.78 is 15.7. The molecule has 0 atom stereocenters. The Morgan fingerprint density at radius 3 is 2.37 bits per heavy atom. The number of piperidine rings is 1. The lowest BCUT2D eigenvalue weighted by Crippen LogP contribution is -2.47. The van der Waals surface area contributed by atoms with Gasteiger partial charge in [-0.1, -0.05) is 0 Å². The topological polar surface area (TPSA) is 72.4 Å². The first-order chi connectivity index (χ1) is 12.7. The van der Waals surface area contributed by atoms with Gasteiger partial charge in [0, 0.05) is 26.7 Å². The number of guanidine groups is 1. The summed E-state index contributed by atoms with van der Waals surface area (Å²) in [5.41, 5.74) is 0. The van der Waals surface area contributed by atoms with Gasteiger partial charge in [0.1, 0.15) is 11.5 Å². The molecule has 0 saturated carbocycles. The second-order valence-electron chi connectivity index (χ2n) is 6.14. The third kappa shape index (κ3) is 7.43. The van der Waals surface area contributed by atoms with Gasteiger partial charge in [-0.15, -0.1) is 24.0 Å². The predicted octanol–water partition coefficient (Wildman–Crippen LogP) is 2.54. The minimum atomic E-state index is -0.108. The molecule has 0 radical (unpaired) electrons. The number of carbonyl (C=O) groups is 1. The van der Waals surface area contributed by atoms with E-state index in [-0.39, 0.29) is 35.9 Å². The fourth-order valence-electron chi connectivity index (χ4n) is 2.96. The Balaban J connectivity index is 0.00000364. The van der Waals surface area contributed by atoms with Crippen molar-refractivity contribution in [3.05, 3.63) is 24.3 Å². The number of hydrogen-bond acceptors (Lipinski definition) is 5. The zero-order chi connectivity index (χ0) is 18.8. The third-order valence-electron chi connectivity index (χ3n) is 4.47. The Kier molecular flexibility index (Phi) is 10.9. The number of aliphatic imine (C=N–C) groups is 1. The van der Waals surface area contributed by atoms with Crippen LogP contribution in [0.2, 0.25) is 0 Å². The lowest BCUT2D eigenvalue weighted by atomic mass is 9.97. The Hall–Kier alpha value is -1.71. The zero-order valence-electron chi connectivity index (χ0n) is 16.3. The molecule has 8 heteroatoms. The Morgan fingerprint density at radius 2 is 1.81 bits per heavy atom. The molecule has 0 unspecified atom stereocenters. The molecule has 1 heterocycles. The first-order valence-electron chi connectivity index (χ1n) is 8.98. The van der Waals surface area contributed by atoms with Crippen molar-refractivity contribution in [3.63, 3.8) is 0 Å². The second-order valence-corrected chi connectivity index (χ2v) is 6.14. The predicted molar refractivity (Wildman–Crippen MR) is 116 cm³/mol. The molecule has 0 bridgehead atoms. The van der Waals surface area contributed by atoms with Crippen molar-refractivity contribution in [1.82, 2.24) is 10.2 Å². The summed E-state index contributed by atoms with van der Waals surface area (Å²) in [4.78, 5) is 18.1. The molecular weight excluding hydrogens is 461 g/mol. The summed E-state index contributed by atoms with van der Waals surface area (Å²) in [6.07, 6.45) is 2.46. The minimum absolute atomic E-state index is 0. The van der Waals surface area contributed by atoms with Gasteiger partial charge in [0.05, 0.1) is 26.7 Å². The van der Waals surface area contributed by atoms with E-state index in [9.17, 15) is 4.79 Å². The maximum absolute atomic E-state index is 11.6. The van der Waals surface area contributed by atoms with Crippen LogP contribution in [0.3, 0.4) is 0 Å². The number of methoxy groups -OCH3 is 2. The standard InChI is InChI=1S/C19H29N3O4.HI/c1-20-19(22-12-9-15(10-13-22)18(23)25-3)21-11-4-14-26-17-7-5-16(24-2)6-8-17;/h5-8,15H,4,9-14H2,1-3H3,(H,20,21);1H. The highest BCUT2D eigenvalue weighted by molar-refractivity contribution is 14.0. The van der Waals surface area contributed by atoms with E-state index in [1.54, 1.807) is 14.2 Å². The van der Waals surface area contributed by atoms with Gasteiger partial charge in [-0.25, -0.2) is 0 Å². The van der Waals surface area contributed by atoms with E-state index in [1.807, 2.05) is 24.3 Å². The highest BCUT2D eigenvalue weighted by Gasteiger charge is 2.26. The number of esters is 1. The van der Waals surface area contributed by atoms with Gasteiger partial charge in [-0.3, -0.25) is 9.79 Å². The highest BCUT2D eigenvalue weighted by atomic mass is 127. The number of likely N-dealkylation sites (tertiary alicyclic amines) is 1. The Labute approximate surface area is 178 Å². The number of ether oxygens (including phenoxy) is 3. The van der Waals surface area contributed by atoms with Crippen LogP contribution in [0.5, 0.6) is 11.5 Å². The van der Waals surface area contributed by atoms with E-state index in [0.29, 0.717) is 6.61 Å². The molecule has 0 amide bonds. The number of halogens is 1. The van der Waals surface area contributed by atoms with E-state index in [2.05, 4.69) is 15.2 Å². The van der Waals surface area contributed by atoms with Gasteiger partial charge in [0.2, 0.25) is 0 Å². The molecule has 1 saturated heterocycles. The molecule has 1 aromatic carbocycles. The lowest BCUT2D eigenvalue weighted by molar-refractivity contribution is -0.146. The quantitative estimate of drug-likeness (QED) is 0.208. The average Bonchev–Trinajstić information content (AvgIpc) is 2.70. The Morgan fingerprint density at radius 1 is 1.19 bits per heavy atom. The van der Waals surface area contributed by atoms with Crippen LogP contribution in [0.25, 0.3) is 0 Å². The van der Waals surface area contributed by atoms with Gasteiger partial charge in [-0.05, 0) is 43.5 Å². The van der Waals surface area contributed by atoms with Crippen LogP contribution in [0.1, 0.15) is 19.3 Å². The van der Waals surface area contributed by atoms with E-state index in [1.165, 1.54) is 7.11 Å². The monoisotopic (exact) mass is 491 g/mol. The number of hydrogen-bond donors (Lipinski definition) is 1. The molecule has 7 nitrogen and oxygen atoms in total. The molecule has 1 aromatic rings. The fraction of sp³-hybridized carbons (Fsp3) is 0.579. The summed E-state index contributed by atoms with van der Waals surface area (Å²) in [6, 6.07) is 7.56. The number of rotatable bonds is 7. The van der Waals surface area contributed by atoms with E-state index in [4.69, 9.17) is 14.2 Å². The van der Waals surface area contributed by atoms with Gasteiger partial charge in [0.15, 0.2) is 5.96 Å². The van der Waals surface area contributed by atoms with Crippen LogP contribution in [0.4, 0.5) is 0 Å². The first kappa shape index (κ1) is 23.3. The molecule has 1 N–H and O–H groups in total. The smallest absolute Gasteiger partial charge is 0.308 e. The Bertz CT molecular complexity index is 587. The lowest BCUT2D eigenvalue weighted by Gasteiger charge is -2.33. The zero-order valence-corrected chi connectivity index (χ0v) is 18.6. The molecule has 1 fully saturated rings. The van der Waals surface area contributed by atoms with Gasteiger partial charge >= 0.3 is 5.97 Å². The highest BCUT2D eigenvalue weighted by Crippen LogP contribution is 2.19. The third-order valence-corrected chi connectivity index (χ3v) is 4.47. The second kappa shape index (κ2) is 12.6. The van der Waals surface area contributed by atoms with Gasteiger partial charge in [-0.2, -0.15) is 0 Å². The number of benzene rings is 1. The van der Waals surface area contributed by atoms with Gasteiger partial charge < -0.3 is 24.4 Å². The van der Waals surface area contributed by atoms with Crippen LogP contribution in [0.15, 0.2) is 29.3 Å². The van der Waals surface area contributed by atoms with Crippen LogP contribution in [-0.2, 0) is 9.53 Å². The normalized spacial score (nSPS) is 14.9. The van der Waals surface area contributed by atoms with Crippen molar-refractivity contribution in [1.29, 1.82) is 0 Å². The van der Waals surface area contributed by atoms with Crippen molar-refractivity contribution in [2.75, 3.05) is 47.5 Å². The molecular formula is C19H30IN3O4. The largest absolute Gasteiger partial charge is 0.497 e. The summed E-state index contributed by atoms with van der Waals surface area (Å²) in [6.45, 7) is 3.02. The average molecular weight is 491 g/mol. The van der Waals surface area contributed by atoms with Gasteiger partial charge in [0.25, 0.3) is 0 Å². The summed E-state index contributed by atoms with van der Waals surface area (Å²) in [5.74, 6) is 2.42. The summed E-state index contributed by atoms with van der Waals surface area (Å²) >= 11 is 0. The molecule has 152 valence electrons. The van der Waals surface area contributed by atoms with Crippen LogP contribution in [-0.4, -0.2) is 64.3 Å². The number of nitrogens with zero attached hydrogens (tertiary/aromatic N) is 2. The fourth-order valence-corrected chi connectivity index (χ4v) is 2.96. The van der Waals surface area contributed by atoms with Crippen molar-refractivity contribution < 1.29 is 19.0 Å². The van der Waals surface area contributed by atoms with Crippen LogP contribution >= 0.6 is 24.0 Å². The van der Waals surface area contributed by atoms with Crippen LogP contribution < -0.4 is 14.8 Å². The molecule has 0 aliphatic carbocycles. The van der Waals surface area contributed by atoms with Crippen molar-refractivity contribution in [2.24, 2.45) is 10.9 Å². The summed E-state index contributed by atoms with van der Waals surface area (Å²) in [7, 11) is 4.87. The maximum Gasteiger partial charge on any atom is 0.308 e. The van der Waals surface area contributed by atoms with Crippen molar-refractivity contribution >= 4 is 35.9 Å². The maximum atomic E-state index is 11.6. The minimum Gasteiger partial charge on any atom is -0.497 e. The van der Waals surface area contributed by atoms with Crippen molar-refractivity contribution in [2.45, 2.75) is 19.3 Å². The first-order valence-corrected chi connectivity index (χ1v) is 8.98. The molecule has 0 aromatic heterocycles. The van der Waals surface area contributed by atoms with E-state index in [0.717, 1.165) is 56.4 Å². The van der Waals surface area contributed by atoms with E-state index >= 15 is 0 Å². The number of nitrogens with one attached hydrogen (secondary N) is 1. The molecule has 2 rings (SSSR count). The van der Waals surface area contributed by atoms with Crippen molar-refractivity contribution in [3.8, 4) is 11.5 Å². The molecule has 1 aliphatic rings. The molecule has 0 spiro atoms. The molecule has 1 aliphatic heterocycles. The SMILES string of the molecule is CN=C(NCCCOc1ccc(OC)cc1)N1CCC(C(=O)OC)CC1.I. The number of carbonyl (C=O) groups excluding carboxylic acids is 1. The summed E-state index contributed by atoms with van der Waals surface area (Å²) in [5, 5.41) is 3.36. The van der Waals surface area contributed by atoms with Crippen LogP contribution in [0, 0.1) is 5.92 Å². The van der Waals surface area contributed by atoms with E-state index < -0.39 is 0 Å². The molecule has 27 heavy (non-hydrogen) atoms.